The van der Waals surface area contributed by atoms with E-state index in [0.717, 1.165) is 15.6 Å². The number of hydrogen-bond donors (Lipinski definition) is 0. The van der Waals surface area contributed by atoms with Crippen LogP contribution in [0.25, 0.3) is 10.7 Å². The molecule has 3 nitrogen and oxygen atoms in total. The molecule has 0 radical (unpaired) electrons. The van der Waals surface area contributed by atoms with Gasteiger partial charge in [-0.2, -0.15) is 0 Å². The molecule has 2 aromatic rings. The minimum absolute atomic E-state index is 0.498. The predicted molar refractivity (Wildman–Crippen MR) is 52.7 cm³/mol. The fourth-order valence-corrected chi connectivity index (χ4v) is 1.85. The first kappa shape index (κ1) is 8.59. The Bertz CT molecular complexity index is 387. The lowest BCUT2D eigenvalue weighted by Crippen LogP contribution is -1.81. The smallest absolute Gasteiger partial charge is 0.143 e. The van der Waals surface area contributed by atoms with Crippen LogP contribution in [0.2, 0.25) is 0 Å². The summed E-state index contributed by atoms with van der Waals surface area (Å²) in [5.41, 5.74) is 0.795. The van der Waals surface area contributed by atoms with Crippen molar-refractivity contribution in [2.24, 2.45) is 0 Å². The van der Waals surface area contributed by atoms with E-state index in [1.807, 2.05) is 0 Å². The van der Waals surface area contributed by atoms with Gasteiger partial charge in [0, 0.05) is 23.5 Å². The molecule has 0 aliphatic heterocycles. The SMILES string of the molecule is ClCc1cnc(-c2cnccn2)s1. The Morgan fingerprint density at radius 1 is 1.23 bits per heavy atom. The molecule has 2 heterocycles. The van der Waals surface area contributed by atoms with E-state index < -0.39 is 0 Å². The van der Waals surface area contributed by atoms with E-state index in [1.165, 1.54) is 0 Å². The summed E-state index contributed by atoms with van der Waals surface area (Å²) in [5, 5.41) is 0.865. The highest BCUT2D eigenvalue weighted by Crippen LogP contribution is 2.23. The second-order valence-corrected chi connectivity index (χ2v) is 3.74. The van der Waals surface area contributed by atoms with Crippen LogP contribution in [-0.4, -0.2) is 15.0 Å². The predicted octanol–water partition coefficient (Wildman–Crippen LogP) is 2.34. The lowest BCUT2D eigenvalue weighted by molar-refractivity contribution is 1.19. The summed E-state index contributed by atoms with van der Waals surface area (Å²) in [5.74, 6) is 0.498. The third kappa shape index (κ3) is 1.84. The summed E-state index contributed by atoms with van der Waals surface area (Å²) >= 11 is 7.20. The van der Waals surface area contributed by atoms with Crippen molar-refractivity contribution < 1.29 is 0 Å². The lowest BCUT2D eigenvalue weighted by atomic mass is 10.5. The molecule has 5 heteroatoms. The molecule has 0 unspecified atom stereocenters. The van der Waals surface area contributed by atoms with Crippen LogP contribution in [0, 0.1) is 0 Å². The van der Waals surface area contributed by atoms with Crippen LogP contribution in [0.1, 0.15) is 4.88 Å². The van der Waals surface area contributed by atoms with Crippen molar-refractivity contribution >= 4 is 22.9 Å². The molecular weight excluding hydrogens is 206 g/mol. The topological polar surface area (TPSA) is 38.7 Å². The average molecular weight is 212 g/mol. The van der Waals surface area contributed by atoms with E-state index in [-0.39, 0.29) is 0 Å². The molecular formula is C8H6ClN3S. The molecule has 0 aromatic carbocycles. The van der Waals surface area contributed by atoms with Crippen LogP contribution in [0.5, 0.6) is 0 Å². The second kappa shape index (κ2) is 3.81. The van der Waals surface area contributed by atoms with Crippen molar-refractivity contribution in [3.8, 4) is 10.7 Å². The maximum absolute atomic E-state index is 5.66. The first-order valence-corrected chi connectivity index (χ1v) is 5.02. The summed E-state index contributed by atoms with van der Waals surface area (Å²) in [6.45, 7) is 0. The maximum atomic E-state index is 5.66. The molecule has 2 aromatic heterocycles. The minimum Gasteiger partial charge on any atom is -0.261 e. The average Bonchev–Trinajstić information content (AvgIpc) is 2.67. The molecule has 0 saturated heterocycles. The van der Waals surface area contributed by atoms with Crippen LogP contribution in [0.15, 0.2) is 24.8 Å². The van der Waals surface area contributed by atoms with Gasteiger partial charge in [-0.05, 0) is 0 Å². The van der Waals surface area contributed by atoms with Gasteiger partial charge in [0.05, 0.1) is 12.1 Å². The van der Waals surface area contributed by atoms with Crippen molar-refractivity contribution in [2.75, 3.05) is 0 Å². The van der Waals surface area contributed by atoms with E-state index in [2.05, 4.69) is 15.0 Å². The molecule has 0 bridgehead atoms. The third-order valence-electron chi connectivity index (χ3n) is 1.47. The third-order valence-corrected chi connectivity index (χ3v) is 2.93. The van der Waals surface area contributed by atoms with E-state index in [4.69, 9.17) is 11.6 Å². The van der Waals surface area contributed by atoms with Crippen LogP contribution >= 0.6 is 22.9 Å². The number of alkyl halides is 1. The van der Waals surface area contributed by atoms with Gasteiger partial charge in [0.25, 0.3) is 0 Å². The fourth-order valence-electron chi connectivity index (χ4n) is 0.897. The number of hydrogen-bond acceptors (Lipinski definition) is 4. The Balaban J connectivity index is 2.36. The summed E-state index contributed by atoms with van der Waals surface area (Å²) in [4.78, 5) is 13.3. The molecule has 0 amide bonds. The summed E-state index contributed by atoms with van der Waals surface area (Å²) < 4.78 is 0. The molecule has 0 atom stereocenters. The van der Waals surface area contributed by atoms with Crippen LogP contribution in [0.4, 0.5) is 0 Å². The Hall–Kier alpha value is -1.00. The Labute approximate surface area is 84.5 Å². The molecule has 0 N–H and O–H groups in total. The van der Waals surface area contributed by atoms with E-state index in [9.17, 15) is 0 Å². The van der Waals surface area contributed by atoms with Gasteiger partial charge in [-0.25, -0.2) is 4.98 Å². The number of halogens is 1. The number of aromatic nitrogens is 3. The highest BCUT2D eigenvalue weighted by molar-refractivity contribution is 7.15. The van der Waals surface area contributed by atoms with E-state index >= 15 is 0 Å². The normalized spacial score (nSPS) is 10.2. The summed E-state index contributed by atoms with van der Waals surface area (Å²) in [6.07, 6.45) is 6.75. The first-order valence-electron chi connectivity index (χ1n) is 3.67. The van der Waals surface area contributed by atoms with Gasteiger partial charge in [-0.3, -0.25) is 9.97 Å². The monoisotopic (exact) mass is 211 g/mol. The highest BCUT2D eigenvalue weighted by Gasteiger charge is 2.04. The fraction of sp³-hybridized carbons (Fsp3) is 0.125. The van der Waals surface area contributed by atoms with Crippen LogP contribution in [-0.2, 0) is 5.88 Å². The van der Waals surface area contributed by atoms with Crippen molar-refractivity contribution in [1.29, 1.82) is 0 Å². The van der Waals surface area contributed by atoms with Gasteiger partial charge in [0.15, 0.2) is 0 Å². The molecule has 0 saturated carbocycles. The molecule has 0 fully saturated rings. The van der Waals surface area contributed by atoms with Gasteiger partial charge >= 0.3 is 0 Å². The number of thiazole rings is 1. The Kier molecular flexibility index (Phi) is 2.52. The van der Waals surface area contributed by atoms with Gasteiger partial charge in [0.1, 0.15) is 10.7 Å². The van der Waals surface area contributed by atoms with Gasteiger partial charge in [-0.1, -0.05) is 0 Å². The molecule has 66 valence electrons. The van der Waals surface area contributed by atoms with Crippen molar-refractivity contribution in [3.05, 3.63) is 29.7 Å². The number of nitrogens with zero attached hydrogens (tertiary/aromatic N) is 3. The molecule has 2 rings (SSSR count). The zero-order valence-electron chi connectivity index (χ0n) is 6.64. The quantitative estimate of drug-likeness (QED) is 0.716. The minimum atomic E-state index is 0.498. The van der Waals surface area contributed by atoms with Crippen LogP contribution < -0.4 is 0 Å². The Morgan fingerprint density at radius 2 is 2.15 bits per heavy atom. The van der Waals surface area contributed by atoms with Crippen molar-refractivity contribution in [1.82, 2.24) is 15.0 Å². The highest BCUT2D eigenvalue weighted by atomic mass is 35.5. The van der Waals surface area contributed by atoms with Crippen LogP contribution in [0.3, 0.4) is 0 Å². The molecule has 0 aliphatic rings. The standard InChI is InChI=1S/C8H6ClN3S/c9-3-6-4-12-8(13-6)7-5-10-1-2-11-7/h1-2,4-5H,3H2. The van der Waals surface area contributed by atoms with Gasteiger partial charge in [0.2, 0.25) is 0 Å². The van der Waals surface area contributed by atoms with E-state index in [0.29, 0.717) is 5.88 Å². The number of rotatable bonds is 2. The molecule has 0 spiro atoms. The lowest BCUT2D eigenvalue weighted by Gasteiger charge is -1.90. The molecule has 0 aliphatic carbocycles. The van der Waals surface area contributed by atoms with Crippen molar-refractivity contribution in [3.63, 3.8) is 0 Å². The Morgan fingerprint density at radius 3 is 2.77 bits per heavy atom. The maximum Gasteiger partial charge on any atom is 0.143 e. The van der Waals surface area contributed by atoms with Crippen molar-refractivity contribution in [2.45, 2.75) is 5.88 Å². The summed E-state index contributed by atoms with van der Waals surface area (Å²) in [6, 6.07) is 0. The first-order chi connectivity index (χ1) is 6.40. The summed E-state index contributed by atoms with van der Waals surface area (Å²) in [7, 11) is 0. The molecule has 13 heavy (non-hydrogen) atoms. The second-order valence-electron chi connectivity index (χ2n) is 2.36. The van der Waals surface area contributed by atoms with E-state index in [1.54, 1.807) is 36.1 Å². The zero-order chi connectivity index (χ0) is 9.10. The largest absolute Gasteiger partial charge is 0.261 e. The van der Waals surface area contributed by atoms with Gasteiger partial charge < -0.3 is 0 Å². The zero-order valence-corrected chi connectivity index (χ0v) is 8.22. The van der Waals surface area contributed by atoms with Gasteiger partial charge in [-0.15, -0.1) is 22.9 Å².